The second kappa shape index (κ2) is 10.1. The summed E-state index contributed by atoms with van der Waals surface area (Å²) in [5, 5.41) is 21.8. The molecule has 1 aliphatic rings. The Balaban J connectivity index is 1.21. The number of aromatic amines is 2. The minimum absolute atomic E-state index is 0.157. The van der Waals surface area contributed by atoms with Crippen LogP contribution in [0.25, 0.3) is 56.0 Å². The molecular weight excluding hydrogens is 507 g/mol. The Morgan fingerprint density at radius 1 is 0.950 bits per heavy atom. The number of hydrogen-bond acceptors (Lipinski definition) is 7. The Labute approximate surface area is 229 Å². The number of phenols is 1. The maximum Gasteiger partial charge on any atom is 0.161 e. The van der Waals surface area contributed by atoms with Crippen molar-refractivity contribution in [2.24, 2.45) is 5.92 Å². The van der Waals surface area contributed by atoms with Crippen LogP contribution < -0.4 is 5.32 Å². The summed E-state index contributed by atoms with van der Waals surface area (Å²) in [7, 11) is 0. The fourth-order valence-corrected chi connectivity index (χ4v) is 5.60. The van der Waals surface area contributed by atoms with E-state index in [1.807, 2.05) is 24.7 Å². The van der Waals surface area contributed by atoms with Crippen LogP contribution in [0.1, 0.15) is 31.2 Å². The van der Waals surface area contributed by atoms with Gasteiger partial charge in [-0.1, -0.05) is 12.8 Å². The van der Waals surface area contributed by atoms with Crippen molar-refractivity contribution in [2.75, 3.05) is 6.54 Å². The molecule has 9 nitrogen and oxygen atoms in total. The smallest absolute Gasteiger partial charge is 0.161 e. The Morgan fingerprint density at radius 3 is 2.70 bits per heavy atom. The van der Waals surface area contributed by atoms with Gasteiger partial charge in [-0.3, -0.25) is 10.1 Å². The summed E-state index contributed by atoms with van der Waals surface area (Å²) in [6, 6.07) is 9.83. The fourth-order valence-electron chi connectivity index (χ4n) is 5.60. The third-order valence-corrected chi connectivity index (χ3v) is 7.58. The lowest BCUT2D eigenvalue weighted by Crippen LogP contribution is -2.20. The third kappa shape index (κ3) is 4.66. The number of nitrogens with one attached hydrogen (secondary N) is 3. The van der Waals surface area contributed by atoms with Crippen LogP contribution in [0.15, 0.2) is 61.2 Å². The molecule has 1 saturated carbocycles. The van der Waals surface area contributed by atoms with Crippen LogP contribution in [-0.2, 0) is 6.54 Å². The number of aromatic nitrogens is 7. The van der Waals surface area contributed by atoms with E-state index in [2.05, 4.69) is 41.5 Å². The summed E-state index contributed by atoms with van der Waals surface area (Å²) in [6.45, 7) is 1.83. The van der Waals surface area contributed by atoms with Gasteiger partial charge in [0.1, 0.15) is 22.8 Å². The number of rotatable bonds is 7. The van der Waals surface area contributed by atoms with Gasteiger partial charge in [-0.25, -0.2) is 19.3 Å². The first-order valence-corrected chi connectivity index (χ1v) is 13.4. The number of benzene rings is 1. The molecule has 1 aliphatic carbocycles. The van der Waals surface area contributed by atoms with Crippen LogP contribution in [-0.4, -0.2) is 46.8 Å². The molecule has 0 bridgehead atoms. The van der Waals surface area contributed by atoms with Crippen LogP contribution in [0.2, 0.25) is 0 Å². The Hall–Kier alpha value is -4.70. The Bertz CT molecular complexity index is 1820. The molecule has 0 radical (unpaired) electrons. The van der Waals surface area contributed by atoms with Crippen molar-refractivity contribution in [3.63, 3.8) is 0 Å². The van der Waals surface area contributed by atoms with E-state index in [0.29, 0.717) is 39.5 Å². The van der Waals surface area contributed by atoms with Gasteiger partial charge < -0.3 is 15.4 Å². The third-order valence-electron chi connectivity index (χ3n) is 7.58. The molecule has 0 spiro atoms. The molecule has 6 aromatic rings. The average Bonchev–Trinajstić information content (AvgIpc) is 3.71. The highest BCUT2D eigenvalue weighted by atomic mass is 19.1. The zero-order valence-electron chi connectivity index (χ0n) is 21.7. The largest absolute Gasteiger partial charge is 0.508 e. The van der Waals surface area contributed by atoms with E-state index in [-0.39, 0.29) is 5.75 Å². The number of hydrogen-bond donors (Lipinski definition) is 4. The quantitative estimate of drug-likeness (QED) is 0.205. The second-order valence-electron chi connectivity index (χ2n) is 10.4. The van der Waals surface area contributed by atoms with E-state index >= 15 is 0 Å². The summed E-state index contributed by atoms with van der Waals surface area (Å²) >= 11 is 0. The van der Waals surface area contributed by atoms with Crippen LogP contribution in [0.4, 0.5) is 4.39 Å². The normalized spacial score (nSPS) is 14.0. The van der Waals surface area contributed by atoms with Crippen molar-refractivity contribution >= 4 is 22.2 Å². The molecule has 4 N–H and O–H groups in total. The van der Waals surface area contributed by atoms with Crippen molar-refractivity contribution in [1.82, 2.24) is 40.4 Å². The maximum absolute atomic E-state index is 14.0. The average molecular weight is 535 g/mol. The highest BCUT2D eigenvalue weighted by Crippen LogP contribution is 2.33. The summed E-state index contributed by atoms with van der Waals surface area (Å²) in [5.41, 5.74) is 6.47. The van der Waals surface area contributed by atoms with Gasteiger partial charge in [0.2, 0.25) is 0 Å². The first-order valence-electron chi connectivity index (χ1n) is 13.4. The lowest BCUT2D eigenvalue weighted by atomic mass is 10.1. The Kier molecular flexibility index (Phi) is 6.16. The molecule has 5 aromatic heterocycles. The van der Waals surface area contributed by atoms with Gasteiger partial charge >= 0.3 is 0 Å². The summed E-state index contributed by atoms with van der Waals surface area (Å²) < 4.78 is 14.0. The van der Waals surface area contributed by atoms with Crippen LogP contribution in [0, 0.1) is 11.7 Å². The maximum atomic E-state index is 14.0. The number of halogens is 1. The standard InChI is InChI=1S/C30H27FN8O/c31-22-8-19(9-23(40)11-22)24-5-6-34-29-26(24)36-30(37-29)27-25-10-21(16-35-28(25)39-38-27)20-7-18(14-33-15-20)13-32-12-17-3-1-2-4-17/h5-11,14-17,32,40H,1-4,12-13H2,(H,34,36,37)(H,35,38,39). The molecule has 0 unspecified atom stereocenters. The molecule has 5 heterocycles. The molecule has 7 rings (SSSR count). The van der Waals surface area contributed by atoms with Gasteiger partial charge in [0.05, 0.1) is 5.39 Å². The van der Waals surface area contributed by atoms with Crippen molar-refractivity contribution in [1.29, 1.82) is 0 Å². The topological polar surface area (TPSA) is 128 Å². The van der Waals surface area contributed by atoms with E-state index < -0.39 is 5.82 Å². The van der Waals surface area contributed by atoms with Gasteiger partial charge in [-0.15, -0.1) is 0 Å². The molecule has 40 heavy (non-hydrogen) atoms. The molecular formula is C30H27FN8O. The first kappa shape index (κ1) is 24.3. The first-order chi connectivity index (χ1) is 19.6. The highest BCUT2D eigenvalue weighted by molar-refractivity contribution is 5.96. The van der Waals surface area contributed by atoms with Crippen molar-refractivity contribution in [3.05, 3.63) is 72.6 Å². The Morgan fingerprint density at radius 2 is 1.82 bits per heavy atom. The molecule has 1 fully saturated rings. The number of phenolic OH excluding ortho intramolecular Hbond substituents is 1. The zero-order valence-corrected chi connectivity index (χ0v) is 21.7. The molecule has 1 aromatic carbocycles. The molecule has 0 amide bonds. The molecule has 0 saturated heterocycles. The minimum Gasteiger partial charge on any atom is -0.508 e. The van der Waals surface area contributed by atoms with E-state index in [0.717, 1.165) is 47.2 Å². The van der Waals surface area contributed by atoms with Crippen LogP contribution in [0.5, 0.6) is 5.75 Å². The van der Waals surface area contributed by atoms with Crippen molar-refractivity contribution < 1.29 is 9.50 Å². The van der Waals surface area contributed by atoms with Gasteiger partial charge in [-0.2, -0.15) is 5.10 Å². The predicted octanol–water partition coefficient (Wildman–Crippen LogP) is 5.75. The molecule has 200 valence electrons. The minimum atomic E-state index is -0.532. The number of imidazole rings is 1. The molecule has 0 aliphatic heterocycles. The SMILES string of the molecule is Oc1cc(F)cc(-c2ccnc3[nH]c(-c4n[nH]c5ncc(-c6cncc(CNCC7CCCC7)c6)cc45)nc23)c1. The van der Waals surface area contributed by atoms with Gasteiger partial charge in [0.15, 0.2) is 17.1 Å². The molecule has 10 heteroatoms. The fraction of sp³-hybridized carbons (Fsp3) is 0.233. The lowest BCUT2D eigenvalue weighted by Gasteiger charge is -2.11. The zero-order chi connectivity index (χ0) is 27.1. The number of aromatic hydroxyl groups is 1. The van der Waals surface area contributed by atoms with Gasteiger partial charge in [-0.05, 0) is 66.8 Å². The van der Waals surface area contributed by atoms with E-state index in [9.17, 15) is 9.50 Å². The monoisotopic (exact) mass is 534 g/mol. The number of H-pyrrole nitrogens is 2. The highest BCUT2D eigenvalue weighted by Gasteiger charge is 2.18. The van der Waals surface area contributed by atoms with Crippen LogP contribution in [0.3, 0.4) is 0 Å². The second-order valence-corrected chi connectivity index (χ2v) is 10.4. The summed E-state index contributed by atoms with van der Waals surface area (Å²) in [6.07, 6.45) is 12.5. The number of fused-ring (bicyclic) bond motifs is 2. The molecule has 0 atom stereocenters. The van der Waals surface area contributed by atoms with Crippen LogP contribution >= 0.6 is 0 Å². The van der Waals surface area contributed by atoms with E-state index in [1.165, 1.54) is 37.8 Å². The summed E-state index contributed by atoms with van der Waals surface area (Å²) in [5.74, 6) is 0.600. The van der Waals surface area contributed by atoms with Gasteiger partial charge in [0.25, 0.3) is 0 Å². The van der Waals surface area contributed by atoms with Gasteiger partial charge in [0, 0.05) is 54.1 Å². The number of pyridine rings is 3. The summed E-state index contributed by atoms with van der Waals surface area (Å²) in [4.78, 5) is 21.5. The van der Waals surface area contributed by atoms with Crippen molar-refractivity contribution in [2.45, 2.75) is 32.2 Å². The lowest BCUT2D eigenvalue weighted by molar-refractivity contribution is 0.469. The number of nitrogens with zero attached hydrogens (tertiary/aromatic N) is 5. The van der Waals surface area contributed by atoms with Crippen molar-refractivity contribution in [3.8, 4) is 39.5 Å². The van der Waals surface area contributed by atoms with E-state index in [4.69, 9.17) is 4.98 Å². The van der Waals surface area contributed by atoms with E-state index in [1.54, 1.807) is 12.3 Å². The predicted molar refractivity (Wildman–Crippen MR) is 151 cm³/mol.